The van der Waals surface area contributed by atoms with Crippen molar-refractivity contribution in [3.8, 4) is 34.5 Å². The van der Waals surface area contributed by atoms with E-state index >= 15 is 0 Å². The molecule has 0 amide bonds. The van der Waals surface area contributed by atoms with E-state index in [1.54, 1.807) is 14.2 Å². The maximum atomic E-state index is 10.7. The summed E-state index contributed by atoms with van der Waals surface area (Å²) in [5.41, 5.74) is 23.1. The predicted octanol–water partition coefficient (Wildman–Crippen LogP) is 24.6. The topological polar surface area (TPSA) is 296 Å². The first-order chi connectivity index (χ1) is 70.6. The lowest BCUT2D eigenvalue weighted by Gasteiger charge is -2.27. The summed E-state index contributed by atoms with van der Waals surface area (Å²) in [5.74, 6) is 5.18. The molecule has 24 nitrogen and oxygen atoms in total. The summed E-state index contributed by atoms with van der Waals surface area (Å²) in [6.07, 6.45) is 31.7. The number of halogens is 5. The molecule has 0 spiro atoms. The lowest BCUT2D eigenvalue weighted by Crippen LogP contribution is -2.68. The number of nitrogens with zero attached hydrogens (tertiary/aromatic N) is 4. The number of ether oxygens (including phenoxy) is 8. The van der Waals surface area contributed by atoms with E-state index in [0.717, 1.165) is 223 Å². The number of anilines is 11. The average Bonchev–Trinajstić information content (AvgIpc) is 1.60. The lowest BCUT2D eigenvalue weighted by atomic mass is 9.80. The van der Waals surface area contributed by atoms with Crippen molar-refractivity contribution in [2.75, 3.05) is 131 Å². The Morgan fingerprint density at radius 3 is 1.43 bits per heavy atom. The highest BCUT2D eigenvalue weighted by molar-refractivity contribution is 7.86. The average molecular weight is 2090 g/mol. The van der Waals surface area contributed by atoms with Gasteiger partial charge < -0.3 is 78.8 Å². The largest absolute Gasteiger partial charge is 0.741 e. The number of hydrogen-bond acceptors (Lipinski definition) is 22. The maximum absolute atomic E-state index is 10.7. The molecule has 9 aromatic carbocycles. The highest BCUT2D eigenvalue weighted by Crippen LogP contribution is 2.54. The minimum Gasteiger partial charge on any atom is -0.741 e. The first-order valence-corrected chi connectivity index (χ1v) is 54.0. The Morgan fingerprint density at radius 2 is 0.892 bits per heavy atom. The van der Waals surface area contributed by atoms with Crippen LogP contribution >= 0.6 is 11.6 Å². The summed E-state index contributed by atoms with van der Waals surface area (Å²) in [6, 6.07) is 65.7. The van der Waals surface area contributed by atoms with Crippen LogP contribution in [0.2, 0.25) is 0 Å². The van der Waals surface area contributed by atoms with Gasteiger partial charge in [-0.05, 0) is 272 Å². The zero-order valence-corrected chi connectivity index (χ0v) is 90.8. The minimum atomic E-state index is -6.09. The van der Waals surface area contributed by atoms with Crippen molar-refractivity contribution in [3.63, 3.8) is 0 Å². The fourth-order valence-corrected chi connectivity index (χ4v) is 19.5. The number of methoxy groups -OCH3 is 2. The highest BCUT2D eigenvalue weighted by Gasteiger charge is 2.48. The Morgan fingerprint density at radius 1 is 0.439 bits per heavy atom. The number of allylic oxidation sites excluding steroid dienone is 15. The molecule has 6 aliphatic rings. The molecule has 5 N–H and O–H groups in total. The van der Waals surface area contributed by atoms with E-state index in [1.165, 1.54) is 73.3 Å². The van der Waals surface area contributed by atoms with E-state index in [-0.39, 0.29) is 21.7 Å². The van der Waals surface area contributed by atoms with Gasteiger partial charge in [-0.25, -0.2) is 27.1 Å². The number of hydrogen-bond donors (Lipinski definition) is 5. The van der Waals surface area contributed by atoms with E-state index in [2.05, 4.69) is 343 Å². The first kappa shape index (κ1) is 114. The van der Waals surface area contributed by atoms with Gasteiger partial charge in [0.05, 0.1) is 74.5 Å². The quantitative estimate of drug-likeness (QED) is 0.0103. The summed E-state index contributed by atoms with van der Waals surface area (Å²) < 4.78 is 145. The number of benzene rings is 9. The van der Waals surface area contributed by atoms with Crippen molar-refractivity contribution >= 4 is 107 Å². The molecule has 0 radical (unpaired) electrons. The van der Waals surface area contributed by atoms with Gasteiger partial charge in [-0.15, -0.1) is 10.2 Å². The number of fused-ring (bicyclic) bond motifs is 4. The molecule has 0 saturated heterocycles. The van der Waals surface area contributed by atoms with Crippen LogP contribution in [0.3, 0.4) is 0 Å². The number of unbranched alkanes of at least 4 members (excludes halogenated alkanes) is 4. The maximum Gasteiger partial charge on any atom is 0.485 e. The van der Waals surface area contributed by atoms with Crippen molar-refractivity contribution in [2.45, 2.75) is 208 Å². The Labute approximate surface area is 879 Å². The van der Waals surface area contributed by atoms with Crippen molar-refractivity contribution in [1.82, 2.24) is 0 Å². The summed E-state index contributed by atoms with van der Waals surface area (Å²) in [4.78, 5) is 4.75. The van der Waals surface area contributed by atoms with Gasteiger partial charge in [-0.2, -0.15) is 22.3 Å². The molecule has 0 unspecified atom stereocenters. The number of likely N-dealkylation sites (N-methyl/N-ethyl adjacent to an activating group) is 1. The van der Waals surface area contributed by atoms with E-state index < -0.39 is 25.9 Å². The predicted molar refractivity (Wildman–Crippen MR) is 580 cm³/mol. The van der Waals surface area contributed by atoms with Crippen LogP contribution in [-0.4, -0.2) is 133 Å². The Bertz CT molecular complexity index is 6540. The molecular formula is C118H144Cl2F3N9O15S. The molecule has 0 atom stereocenters. The van der Waals surface area contributed by atoms with Crippen LogP contribution in [0.25, 0.3) is 0 Å². The van der Waals surface area contributed by atoms with Crippen LogP contribution < -0.4 is 83.4 Å². The van der Waals surface area contributed by atoms with E-state index in [1.807, 2.05) is 50.2 Å². The van der Waals surface area contributed by atoms with Gasteiger partial charge in [-0.1, -0.05) is 147 Å². The van der Waals surface area contributed by atoms with Gasteiger partial charge in [0.25, 0.3) is 0 Å². The number of para-hydroxylation sites is 1. The van der Waals surface area contributed by atoms with Crippen molar-refractivity contribution in [1.29, 1.82) is 0 Å². The van der Waals surface area contributed by atoms with Crippen LogP contribution in [0.5, 0.6) is 34.5 Å². The zero-order valence-electron chi connectivity index (χ0n) is 88.5. The standard InChI is InChI=1S/C62H75N5O4.C55H68ClN4O4.CHF3O3S.ClHO4/c1-9-11-37-70-52-25-17-23-48(41-52)63-50-29-31-56-54(43-50)61(3,4)58(66(56)35-39-68-7)33-27-45-19-16-20-46(60(45)65-47-21-14-13-15-22-47)28-34-59-62(5,6)55-44-51(30-32-57(55)67(59)36-40-69-8)64-49-24-18-26-53(42-49)71-38-12-10-2;1-11-15-31-63-49-35-47-43(33-45(49)57-39-21-25-41(26-22-39)61-13-3)54(5,6)51(59(47)9)29-19-37-17-18-38(53(37)56)20-30-52-55(7,8)44-34-46(58-40-23-27-42(28-24-40)62-14-4)50(64-32-16-12-2)36-48(44)60(52)10;2-1(3,4)8(5,6)7;2-1(3,4)5/h13-15,17-18,21-34,41-44,63-64H,9-12,16,19-20,35-40H2,1-8H3;19-30,33-36,57-58H,11-18,31-32H2,1-10H3;(H,5,6,7);(H,2,3,4,5)/q;+1;;/p-1/b45-27+,58-33-;;;. The van der Waals surface area contributed by atoms with Crippen LogP contribution in [0.1, 0.15) is 203 Å². The van der Waals surface area contributed by atoms with Crippen LogP contribution in [0.15, 0.2) is 281 Å². The molecule has 2 aliphatic carbocycles. The monoisotopic (exact) mass is 2090 g/mol. The SMILES string of the molecule is CCCCOc1cc2c(cc1Nc1ccc(OCC)cc1)C(C)(C)/C(=C/C=C1\CCC(/C=C/C3=[N+](C)c4cc(OCCCC)c(Nc5ccc(OCC)cc5)cc4C3(C)C)=C1Cl)N2C.CCCCOc1cccc(Nc2ccc3c(c2)C(C)(C)C(/C=C/C2=C(Nc4ccccc4)C(=C/C=C4\N(CCOC)c5ccc(Nc6cccc(OCCCC)c6)cc5C4(C)C)/CCC2)=[N+]3CCOC)c1.O=S(=O)([O-])C(F)(F)F.[O-][Cl+3]([O-])([O-])[O-]. The molecule has 0 bridgehead atoms. The molecule has 15 rings (SSSR count). The summed E-state index contributed by atoms with van der Waals surface area (Å²) in [7, 11) is -3.16. The molecule has 0 saturated carbocycles. The normalized spacial score (nSPS) is 16.9. The molecule has 0 aromatic heterocycles. The molecule has 4 heterocycles. The Balaban J connectivity index is 0.000000235. The summed E-state index contributed by atoms with van der Waals surface area (Å²) in [5, 5.41) is 19.4. The minimum absolute atomic E-state index is 0.259. The van der Waals surface area contributed by atoms with E-state index in [9.17, 15) is 13.2 Å². The second-order valence-corrected chi connectivity index (χ2v) is 41.7. The lowest BCUT2D eigenvalue weighted by molar-refractivity contribution is -2.00. The van der Waals surface area contributed by atoms with Gasteiger partial charge in [0.2, 0.25) is 11.4 Å². The molecule has 148 heavy (non-hydrogen) atoms. The van der Waals surface area contributed by atoms with Crippen molar-refractivity contribution in [2.24, 2.45) is 0 Å². The molecule has 9 aromatic rings. The molecule has 0 fully saturated rings. The summed E-state index contributed by atoms with van der Waals surface area (Å²) >= 11 is 7.25. The number of nitrogens with one attached hydrogen (secondary N) is 5. The van der Waals surface area contributed by atoms with Gasteiger partial charge in [0.15, 0.2) is 28.1 Å². The number of rotatable bonds is 42. The molecule has 30 heteroatoms. The van der Waals surface area contributed by atoms with Gasteiger partial charge in [-0.3, -0.25) is 0 Å². The second kappa shape index (κ2) is 51.7. The third-order valence-electron chi connectivity index (χ3n) is 27.1. The summed E-state index contributed by atoms with van der Waals surface area (Å²) in [6.45, 7) is 38.1. The van der Waals surface area contributed by atoms with Gasteiger partial charge in [0, 0.05) is 159 Å². The third kappa shape index (κ3) is 29.2. The van der Waals surface area contributed by atoms with Gasteiger partial charge in [0.1, 0.15) is 48.2 Å². The smallest absolute Gasteiger partial charge is 0.485 e. The van der Waals surface area contributed by atoms with Gasteiger partial charge >= 0.3 is 5.51 Å². The fourth-order valence-electron chi connectivity index (χ4n) is 19.2. The van der Waals surface area contributed by atoms with E-state index in [0.29, 0.717) is 39.6 Å². The van der Waals surface area contributed by atoms with Crippen LogP contribution in [0, 0.1) is 10.2 Å². The molecular weight excluding hydrogens is 1940 g/mol. The van der Waals surface area contributed by atoms with Crippen molar-refractivity contribution < 1.29 is 102 Å². The molecule has 4 aliphatic heterocycles. The second-order valence-electron chi connectivity index (χ2n) is 39.2. The van der Waals surface area contributed by atoms with Crippen molar-refractivity contribution in [3.05, 3.63) is 303 Å². The number of alkyl halides is 3. The van der Waals surface area contributed by atoms with E-state index in [4.69, 9.17) is 81.1 Å². The zero-order chi connectivity index (χ0) is 107. The third-order valence-corrected chi connectivity index (χ3v) is 28.2. The van der Waals surface area contributed by atoms with Crippen LogP contribution in [0.4, 0.5) is 87.1 Å². The highest BCUT2D eigenvalue weighted by atomic mass is 35.7. The molecule has 792 valence electrons. The Kier molecular flexibility index (Phi) is 40.0. The van der Waals surface area contributed by atoms with Crippen LogP contribution in [-0.2, 0) is 41.3 Å². The Hall–Kier alpha value is -12.3. The fraction of sp³-hybridized carbons (Fsp3) is 0.390. The first-order valence-electron chi connectivity index (χ1n) is 51.0.